The summed E-state index contributed by atoms with van der Waals surface area (Å²) < 4.78 is 13.7. The van der Waals surface area contributed by atoms with Gasteiger partial charge in [-0.1, -0.05) is 30.3 Å². The number of nitrogens with zero attached hydrogens (tertiary/aromatic N) is 1. The van der Waals surface area contributed by atoms with Gasteiger partial charge in [0.1, 0.15) is 0 Å². The molecule has 3 heterocycles. The van der Waals surface area contributed by atoms with Crippen LogP contribution in [0.15, 0.2) is 42.5 Å². The normalized spacial score (nSPS) is 20.0. The van der Waals surface area contributed by atoms with E-state index in [1.165, 1.54) is 10.1 Å². The van der Waals surface area contributed by atoms with Gasteiger partial charge in [-0.25, -0.2) is 0 Å². The van der Waals surface area contributed by atoms with Crippen molar-refractivity contribution in [1.82, 2.24) is 0 Å². The predicted molar refractivity (Wildman–Crippen MR) is 119 cm³/mol. The first kappa shape index (κ1) is 18.9. The van der Waals surface area contributed by atoms with E-state index >= 15 is 0 Å². The molecule has 0 bridgehead atoms. The second-order valence-electron chi connectivity index (χ2n) is 8.88. The first-order chi connectivity index (χ1) is 13.7. The summed E-state index contributed by atoms with van der Waals surface area (Å²) in [5.41, 5.74) is 3.28. The summed E-state index contributed by atoms with van der Waals surface area (Å²) in [4.78, 5) is 16.0. The van der Waals surface area contributed by atoms with Crippen LogP contribution in [0.1, 0.15) is 48.5 Å². The van der Waals surface area contributed by atoms with Crippen LogP contribution in [0.4, 0.5) is 5.69 Å². The minimum absolute atomic E-state index is 0.0790. The Kier molecular flexibility index (Phi) is 4.02. The van der Waals surface area contributed by atoms with Crippen LogP contribution in [-0.4, -0.2) is 24.2 Å². The van der Waals surface area contributed by atoms with Crippen molar-refractivity contribution in [3.05, 3.63) is 58.5 Å². The molecule has 1 amide bonds. The second kappa shape index (κ2) is 6.18. The van der Waals surface area contributed by atoms with Crippen molar-refractivity contribution in [1.29, 1.82) is 0 Å². The Morgan fingerprint density at radius 2 is 1.69 bits per heavy atom. The zero-order chi connectivity index (χ0) is 20.6. The molecule has 4 nitrogen and oxygen atoms in total. The molecule has 0 spiro atoms. The number of thiophene rings is 1. The van der Waals surface area contributed by atoms with Gasteiger partial charge in [-0.3, -0.25) is 4.79 Å². The lowest BCUT2D eigenvalue weighted by Gasteiger charge is -2.32. The number of amides is 1. The number of hydrogen-bond acceptors (Lipinski definition) is 4. The van der Waals surface area contributed by atoms with Gasteiger partial charge in [-0.2, -0.15) is 0 Å². The molecule has 0 unspecified atom stereocenters. The van der Waals surface area contributed by atoms with Gasteiger partial charge in [0.25, 0.3) is 5.91 Å². The summed E-state index contributed by atoms with van der Waals surface area (Å²) in [6.07, 6.45) is 0. The Hall–Kier alpha value is -2.15. The van der Waals surface area contributed by atoms with Gasteiger partial charge < -0.3 is 14.2 Å². The van der Waals surface area contributed by atoms with Crippen LogP contribution < -0.4 is 10.4 Å². The topological polar surface area (TPSA) is 38.8 Å². The SMILES string of the molecule is Cc1c(B2OC(C)(C)C(C)(C)O2)cccc1N1Cc2c(sc3ccccc23)C1=O. The summed E-state index contributed by atoms with van der Waals surface area (Å²) in [6.45, 7) is 10.9. The number of fused-ring (bicyclic) bond motifs is 3. The molecule has 1 aromatic heterocycles. The van der Waals surface area contributed by atoms with Crippen molar-refractivity contribution in [3.8, 4) is 0 Å². The fourth-order valence-electron chi connectivity index (χ4n) is 4.13. The lowest BCUT2D eigenvalue weighted by molar-refractivity contribution is 0.00578. The highest BCUT2D eigenvalue weighted by atomic mass is 32.1. The number of carbonyl (C=O) groups excluding carboxylic acids is 1. The van der Waals surface area contributed by atoms with Crippen LogP contribution in [0.25, 0.3) is 10.1 Å². The molecule has 0 N–H and O–H groups in total. The Morgan fingerprint density at radius 1 is 1.00 bits per heavy atom. The van der Waals surface area contributed by atoms with Crippen LogP contribution >= 0.6 is 11.3 Å². The molecule has 3 aromatic rings. The van der Waals surface area contributed by atoms with E-state index < -0.39 is 18.3 Å². The van der Waals surface area contributed by atoms with Gasteiger partial charge in [0.15, 0.2) is 0 Å². The highest BCUT2D eigenvalue weighted by Gasteiger charge is 2.52. The highest BCUT2D eigenvalue weighted by molar-refractivity contribution is 7.21. The molecule has 0 aliphatic carbocycles. The maximum atomic E-state index is 13.2. The van der Waals surface area contributed by atoms with Crippen molar-refractivity contribution >= 4 is 45.6 Å². The Morgan fingerprint density at radius 3 is 2.41 bits per heavy atom. The van der Waals surface area contributed by atoms with Crippen molar-refractivity contribution in [3.63, 3.8) is 0 Å². The molecular weight excluding hydrogens is 381 g/mol. The molecule has 5 rings (SSSR count). The molecule has 148 valence electrons. The third kappa shape index (κ3) is 2.70. The van der Waals surface area contributed by atoms with E-state index in [1.807, 2.05) is 42.2 Å². The number of rotatable bonds is 2. The Labute approximate surface area is 175 Å². The molecular formula is C23H24BNO3S. The van der Waals surface area contributed by atoms with Crippen LogP contribution in [0, 0.1) is 6.92 Å². The quantitative estimate of drug-likeness (QED) is 0.582. The fraction of sp³-hybridized carbons (Fsp3) is 0.348. The summed E-state index contributed by atoms with van der Waals surface area (Å²) in [5.74, 6) is 0.0790. The van der Waals surface area contributed by atoms with Gasteiger partial charge in [0.2, 0.25) is 0 Å². The number of carbonyl (C=O) groups is 1. The van der Waals surface area contributed by atoms with Crippen molar-refractivity contribution < 1.29 is 14.1 Å². The summed E-state index contributed by atoms with van der Waals surface area (Å²) in [5, 5.41) is 1.18. The molecule has 1 saturated heterocycles. The lowest BCUT2D eigenvalue weighted by Crippen LogP contribution is -2.41. The molecule has 29 heavy (non-hydrogen) atoms. The van der Waals surface area contributed by atoms with Gasteiger partial charge in [-0.05, 0) is 63.2 Å². The number of hydrogen-bond donors (Lipinski definition) is 0. The molecule has 0 saturated carbocycles. The standard InChI is InChI=1S/C23H24BNO3S/c1-14-17(24-27-22(2,3)23(4,5)28-24)10-8-11-18(14)25-13-16-15-9-6-7-12-19(15)29-20(16)21(25)26/h6-12H,13H2,1-5H3. The Balaban J connectivity index is 1.52. The van der Waals surface area contributed by atoms with Crippen LogP contribution in [0.3, 0.4) is 0 Å². The molecule has 0 atom stereocenters. The zero-order valence-electron chi connectivity index (χ0n) is 17.4. The summed E-state index contributed by atoms with van der Waals surface area (Å²) in [7, 11) is -0.437. The third-order valence-corrected chi connectivity index (χ3v) is 7.80. The van der Waals surface area contributed by atoms with Gasteiger partial charge in [-0.15, -0.1) is 11.3 Å². The van der Waals surface area contributed by atoms with E-state index in [2.05, 4.69) is 39.8 Å². The van der Waals surface area contributed by atoms with Crippen molar-refractivity contribution in [2.24, 2.45) is 0 Å². The van der Waals surface area contributed by atoms with E-state index in [-0.39, 0.29) is 5.91 Å². The molecule has 2 aliphatic heterocycles. The van der Waals surface area contributed by atoms with Crippen molar-refractivity contribution in [2.75, 3.05) is 4.90 Å². The second-order valence-corrected chi connectivity index (χ2v) is 9.93. The largest absolute Gasteiger partial charge is 0.495 e. The molecule has 2 aromatic carbocycles. The molecule has 2 aliphatic rings. The fourth-order valence-corrected chi connectivity index (χ4v) is 5.30. The van der Waals surface area contributed by atoms with E-state index in [4.69, 9.17) is 9.31 Å². The van der Waals surface area contributed by atoms with E-state index in [9.17, 15) is 4.79 Å². The maximum Gasteiger partial charge on any atom is 0.495 e. The minimum atomic E-state index is -0.437. The third-order valence-electron chi connectivity index (χ3n) is 6.60. The van der Waals surface area contributed by atoms with Gasteiger partial charge in [0, 0.05) is 16.0 Å². The predicted octanol–water partition coefficient (Wildman–Crippen LogP) is 4.67. The lowest BCUT2D eigenvalue weighted by atomic mass is 9.75. The summed E-state index contributed by atoms with van der Waals surface area (Å²) >= 11 is 1.59. The van der Waals surface area contributed by atoms with Crippen LogP contribution in [0.2, 0.25) is 0 Å². The molecule has 1 fully saturated rings. The van der Waals surface area contributed by atoms with Crippen molar-refractivity contribution in [2.45, 2.75) is 52.4 Å². The smallest absolute Gasteiger partial charge is 0.399 e. The molecule has 0 radical (unpaired) electrons. The number of benzene rings is 2. The first-order valence-electron chi connectivity index (χ1n) is 9.97. The molecule has 6 heteroatoms. The van der Waals surface area contributed by atoms with E-state index in [1.54, 1.807) is 11.3 Å². The monoisotopic (exact) mass is 405 g/mol. The van der Waals surface area contributed by atoms with Crippen LogP contribution in [0.5, 0.6) is 0 Å². The Bertz CT molecular complexity index is 1130. The zero-order valence-corrected chi connectivity index (χ0v) is 18.2. The average molecular weight is 405 g/mol. The van der Waals surface area contributed by atoms with Gasteiger partial charge in [0.05, 0.1) is 22.6 Å². The average Bonchev–Trinajstić information content (AvgIpc) is 3.24. The van der Waals surface area contributed by atoms with Crippen LogP contribution in [-0.2, 0) is 15.9 Å². The number of anilines is 1. The van der Waals surface area contributed by atoms with Gasteiger partial charge >= 0.3 is 7.12 Å². The summed E-state index contributed by atoms with van der Waals surface area (Å²) in [6, 6.07) is 14.3. The highest BCUT2D eigenvalue weighted by Crippen LogP contribution is 2.41. The van der Waals surface area contributed by atoms with E-state index in [0.29, 0.717) is 6.54 Å². The first-order valence-corrected chi connectivity index (χ1v) is 10.8. The van der Waals surface area contributed by atoms with E-state index in [0.717, 1.165) is 27.2 Å². The maximum absolute atomic E-state index is 13.2. The minimum Gasteiger partial charge on any atom is -0.399 e.